The Kier molecular flexibility index (Phi) is 6.53. The minimum atomic E-state index is 0. The Balaban J connectivity index is 0.000000735. The van der Waals surface area contributed by atoms with Gasteiger partial charge in [-0.05, 0) is 6.42 Å². The SMILES string of the molecule is C1=CCC(c2cccc3c2[cH-]c2ccccc23)=C1.Cl.Cl.[Zr]. The van der Waals surface area contributed by atoms with E-state index in [1.54, 1.807) is 0 Å². The number of hydrogen-bond acceptors (Lipinski definition) is 0. The molecule has 0 nitrogen and oxygen atoms in total. The summed E-state index contributed by atoms with van der Waals surface area (Å²) in [4.78, 5) is 0. The maximum absolute atomic E-state index is 2.32. The normalized spacial score (nSPS) is 12.5. The molecule has 0 atom stereocenters. The Hall–Kier alpha value is -0.747. The number of hydrogen-bond donors (Lipinski definition) is 0. The molecule has 0 amide bonds. The third kappa shape index (κ3) is 3.06. The van der Waals surface area contributed by atoms with Crippen molar-refractivity contribution in [3.8, 4) is 0 Å². The van der Waals surface area contributed by atoms with E-state index in [1.165, 1.54) is 32.7 Å². The first-order chi connectivity index (χ1) is 8.93. The van der Waals surface area contributed by atoms with Crippen LogP contribution in [-0.4, -0.2) is 0 Å². The van der Waals surface area contributed by atoms with Crippen molar-refractivity contribution < 1.29 is 26.2 Å². The largest absolute Gasteiger partial charge is 0.147 e. The van der Waals surface area contributed by atoms with Gasteiger partial charge in [0, 0.05) is 26.2 Å². The molecule has 1 aliphatic rings. The molecule has 106 valence electrons. The van der Waals surface area contributed by atoms with Crippen LogP contribution in [0.25, 0.3) is 27.1 Å². The van der Waals surface area contributed by atoms with Crippen LogP contribution in [0.3, 0.4) is 0 Å². The Labute approximate surface area is 156 Å². The molecule has 3 heteroatoms. The molecule has 0 saturated heterocycles. The van der Waals surface area contributed by atoms with Gasteiger partial charge in [-0.2, -0.15) is 0 Å². The molecule has 0 aromatic heterocycles. The zero-order valence-corrected chi connectivity index (χ0v) is 15.5. The van der Waals surface area contributed by atoms with Gasteiger partial charge in [0.25, 0.3) is 0 Å². The van der Waals surface area contributed by atoms with E-state index in [0.29, 0.717) is 0 Å². The topological polar surface area (TPSA) is 0 Å². The summed E-state index contributed by atoms with van der Waals surface area (Å²) in [6, 6.07) is 17.6. The first-order valence-corrected chi connectivity index (χ1v) is 6.37. The van der Waals surface area contributed by atoms with Gasteiger partial charge in [-0.25, -0.2) is 0 Å². The smallest absolute Gasteiger partial charge is 0 e. The Morgan fingerprint density at radius 1 is 0.857 bits per heavy atom. The quantitative estimate of drug-likeness (QED) is 0.452. The van der Waals surface area contributed by atoms with Gasteiger partial charge >= 0.3 is 0 Å². The summed E-state index contributed by atoms with van der Waals surface area (Å²) in [5.41, 5.74) is 2.81. The van der Waals surface area contributed by atoms with E-state index in [4.69, 9.17) is 0 Å². The molecule has 3 aromatic carbocycles. The molecule has 3 aromatic rings. The van der Waals surface area contributed by atoms with Crippen molar-refractivity contribution in [3.05, 3.63) is 72.3 Å². The molecule has 0 spiro atoms. The number of allylic oxidation sites excluding steroid dienone is 4. The number of benzene rings is 2. The van der Waals surface area contributed by atoms with Crippen LogP contribution in [0.1, 0.15) is 12.0 Å². The zero-order chi connectivity index (χ0) is 11.9. The predicted molar refractivity (Wildman–Crippen MR) is 93.3 cm³/mol. The molecule has 4 rings (SSSR count). The molecule has 0 bridgehead atoms. The summed E-state index contributed by atoms with van der Waals surface area (Å²) in [5, 5.41) is 5.46. The minimum Gasteiger partial charge on any atom is -0.147 e. The van der Waals surface area contributed by atoms with Crippen LogP contribution >= 0.6 is 24.8 Å². The average molecular weight is 393 g/mol. The van der Waals surface area contributed by atoms with Gasteiger partial charge in [0.15, 0.2) is 0 Å². The second-order valence-corrected chi connectivity index (χ2v) is 4.82. The minimum absolute atomic E-state index is 0. The maximum atomic E-state index is 2.32. The summed E-state index contributed by atoms with van der Waals surface area (Å²) >= 11 is 0. The van der Waals surface area contributed by atoms with Crippen LogP contribution in [0, 0.1) is 0 Å². The van der Waals surface area contributed by atoms with Crippen LogP contribution in [-0.2, 0) is 26.2 Å². The molecule has 0 fully saturated rings. The third-order valence-electron chi connectivity index (χ3n) is 3.77. The summed E-state index contributed by atoms with van der Waals surface area (Å²) in [6.45, 7) is 0. The van der Waals surface area contributed by atoms with Gasteiger partial charge < -0.3 is 0 Å². The van der Waals surface area contributed by atoms with E-state index >= 15 is 0 Å². The molecule has 0 aliphatic heterocycles. The molecule has 21 heavy (non-hydrogen) atoms. The average Bonchev–Trinajstić information content (AvgIpc) is 3.05. The molecule has 0 unspecified atom stereocenters. The zero-order valence-electron chi connectivity index (χ0n) is 11.4. The van der Waals surface area contributed by atoms with Crippen molar-refractivity contribution in [2.24, 2.45) is 0 Å². The molecular formula is C18H15Cl2Zr-. The fourth-order valence-electron chi connectivity index (χ4n) is 2.91. The van der Waals surface area contributed by atoms with E-state index in [9.17, 15) is 0 Å². The van der Waals surface area contributed by atoms with Gasteiger partial charge in [-0.3, -0.25) is 0 Å². The Morgan fingerprint density at radius 2 is 1.62 bits per heavy atom. The molecule has 1 aliphatic carbocycles. The van der Waals surface area contributed by atoms with Gasteiger partial charge in [0.2, 0.25) is 0 Å². The van der Waals surface area contributed by atoms with Crippen molar-refractivity contribution in [1.29, 1.82) is 0 Å². The van der Waals surface area contributed by atoms with Crippen LogP contribution in [0.15, 0.2) is 66.8 Å². The fraction of sp³-hybridized carbons (Fsp3) is 0.0556. The van der Waals surface area contributed by atoms with E-state index in [2.05, 4.69) is 66.8 Å². The van der Waals surface area contributed by atoms with E-state index in [1.807, 2.05) is 0 Å². The van der Waals surface area contributed by atoms with Crippen molar-refractivity contribution in [2.45, 2.75) is 6.42 Å². The monoisotopic (exact) mass is 391 g/mol. The first-order valence-electron chi connectivity index (χ1n) is 6.37. The van der Waals surface area contributed by atoms with Crippen molar-refractivity contribution in [1.82, 2.24) is 0 Å². The second-order valence-electron chi connectivity index (χ2n) is 4.82. The second kappa shape index (κ2) is 7.50. The molecule has 0 saturated carbocycles. The third-order valence-corrected chi connectivity index (χ3v) is 3.77. The molecule has 0 radical (unpaired) electrons. The summed E-state index contributed by atoms with van der Waals surface area (Å²) in [5.74, 6) is 0. The summed E-state index contributed by atoms with van der Waals surface area (Å²) in [7, 11) is 0. The predicted octanol–water partition coefficient (Wildman–Crippen LogP) is 5.90. The number of fused-ring (bicyclic) bond motifs is 3. The Morgan fingerprint density at radius 3 is 2.38 bits per heavy atom. The summed E-state index contributed by atoms with van der Waals surface area (Å²) in [6.07, 6.45) is 7.65. The van der Waals surface area contributed by atoms with Gasteiger partial charge in [0.1, 0.15) is 0 Å². The van der Waals surface area contributed by atoms with E-state index in [0.717, 1.165) is 6.42 Å². The number of rotatable bonds is 1. The van der Waals surface area contributed by atoms with Gasteiger partial charge in [-0.15, -0.1) is 58.5 Å². The van der Waals surface area contributed by atoms with Crippen molar-refractivity contribution in [3.63, 3.8) is 0 Å². The Bertz CT molecular complexity index is 812. The van der Waals surface area contributed by atoms with E-state index in [-0.39, 0.29) is 51.0 Å². The van der Waals surface area contributed by atoms with Gasteiger partial charge in [0.05, 0.1) is 0 Å². The summed E-state index contributed by atoms with van der Waals surface area (Å²) < 4.78 is 0. The van der Waals surface area contributed by atoms with Crippen LogP contribution in [0.4, 0.5) is 0 Å². The van der Waals surface area contributed by atoms with Crippen LogP contribution in [0.2, 0.25) is 0 Å². The van der Waals surface area contributed by atoms with Crippen molar-refractivity contribution >= 4 is 51.9 Å². The first kappa shape index (κ1) is 18.3. The molecule has 0 heterocycles. The maximum Gasteiger partial charge on any atom is 0 e. The van der Waals surface area contributed by atoms with Crippen molar-refractivity contribution in [2.75, 3.05) is 0 Å². The van der Waals surface area contributed by atoms with E-state index < -0.39 is 0 Å². The van der Waals surface area contributed by atoms with Crippen LogP contribution in [0.5, 0.6) is 0 Å². The fourth-order valence-corrected chi connectivity index (χ4v) is 2.91. The van der Waals surface area contributed by atoms with Crippen LogP contribution < -0.4 is 0 Å². The molecular weight excluding hydrogens is 378 g/mol. The molecule has 0 N–H and O–H groups in total. The van der Waals surface area contributed by atoms with Gasteiger partial charge in [-0.1, -0.05) is 65.8 Å². The standard InChI is InChI=1S/C18H13.2ClH.Zr/c1-2-7-13(6-1)15-10-5-11-17-16-9-4-3-8-14(16)12-18(15)17;;;/h1-6,8-12H,7H2;2*1H;/q-1;;;. The number of halogens is 2.